The molecule has 242 valence electrons. The Balaban J connectivity index is 1.29. The summed E-state index contributed by atoms with van der Waals surface area (Å²) in [6, 6.07) is 18.6. The molecule has 0 radical (unpaired) electrons. The van der Waals surface area contributed by atoms with Crippen LogP contribution in [0.4, 0.5) is 13.2 Å². The molecule has 3 N–H and O–H groups in total. The maximum atomic E-state index is 13.7. The van der Waals surface area contributed by atoms with Gasteiger partial charge in [-0.05, 0) is 74.1 Å². The van der Waals surface area contributed by atoms with Crippen molar-refractivity contribution in [3.05, 3.63) is 122 Å². The number of nitrogens with one attached hydrogen (secondary N) is 2. The van der Waals surface area contributed by atoms with Crippen LogP contribution in [0, 0.1) is 13.8 Å². The number of halogens is 3. The number of rotatable bonds is 11. The fourth-order valence-corrected chi connectivity index (χ4v) is 6.71. The predicted octanol–water partition coefficient (Wildman–Crippen LogP) is 6.25. The summed E-state index contributed by atoms with van der Waals surface area (Å²) in [6.07, 6.45) is -3.49. The fraction of sp³-hybridized carbons (Fsp3) is 0.343. The van der Waals surface area contributed by atoms with Gasteiger partial charge in [-0.1, -0.05) is 48.5 Å². The summed E-state index contributed by atoms with van der Waals surface area (Å²) in [4.78, 5) is 33.8. The zero-order valence-corrected chi connectivity index (χ0v) is 26.5. The molecule has 1 saturated heterocycles. The smallest absolute Gasteiger partial charge is 0.390 e. The zero-order chi connectivity index (χ0) is 32.8. The van der Waals surface area contributed by atoms with Gasteiger partial charge in [0.25, 0.3) is 11.8 Å². The second-order valence-corrected chi connectivity index (χ2v) is 12.6. The first-order chi connectivity index (χ1) is 22.0. The lowest BCUT2D eigenvalue weighted by atomic mass is 9.99. The molecule has 3 aromatic carbocycles. The SMILES string of the molecule is Cc1cc(C(=O)N[C@@H](Cc2ccccc2)[C@@H](O)CNCc2cccc(C(F)(F)F)c2)cc(C(=O)N2CCC[C@@H]2c2nc(C)cs2)c1. The summed E-state index contributed by atoms with van der Waals surface area (Å²) in [5.74, 6) is -0.600. The highest BCUT2D eigenvalue weighted by atomic mass is 32.1. The number of aliphatic hydroxyl groups is 1. The maximum Gasteiger partial charge on any atom is 0.416 e. The standard InChI is InChI=1S/C35H37F3N4O3S/c1-22-14-26(18-27(15-22)34(45)42-13-7-12-30(42)33-40-23(2)21-46-33)32(44)41-29(17-24-8-4-3-5-9-24)31(43)20-39-19-25-10-6-11-28(16-25)35(36,37)38/h3-6,8-11,14-16,18,21,29-31,39,43H,7,12-13,17,19-20H2,1-2H3,(H,41,44)/t29-,30+,31-/m0/s1. The number of hydrogen-bond donors (Lipinski definition) is 3. The van der Waals surface area contributed by atoms with E-state index in [1.54, 1.807) is 35.6 Å². The van der Waals surface area contributed by atoms with Crippen molar-refractivity contribution in [3.63, 3.8) is 0 Å². The van der Waals surface area contributed by atoms with Crippen LogP contribution in [0.25, 0.3) is 0 Å². The van der Waals surface area contributed by atoms with E-state index < -0.39 is 29.8 Å². The molecule has 1 aliphatic rings. The topological polar surface area (TPSA) is 94.6 Å². The lowest BCUT2D eigenvalue weighted by Gasteiger charge is -2.26. The van der Waals surface area contributed by atoms with Gasteiger partial charge < -0.3 is 20.6 Å². The van der Waals surface area contributed by atoms with Crippen molar-refractivity contribution >= 4 is 23.2 Å². The van der Waals surface area contributed by atoms with Gasteiger partial charge in [0.05, 0.1) is 23.8 Å². The van der Waals surface area contributed by atoms with Crippen LogP contribution < -0.4 is 10.6 Å². The van der Waals surface area contributed by atoms with Crippen LogP contribution in [0.1, 0.15) is 72.6 Å². The molecule has 1 aromatic heterocycles. The monoisotopic (exact) mass is 650 g/mol. The molecular weight excluding hydrogens is 613 g/mol. The van der Waals surface area contributed by atoms with E-state index in [0.29, 0.717) is 29.7 Å². The minimum absolute atomic E-state index is 0.0259. The Morgan fingerprint density at radius 1 is 1.02 bits per heavy atom. The van der Waals surface area contributed by atoms with E-state index in [1.165, 1.54) is 6.07 Å². The van der Waals surface area contributed by atoms with Gasteiger partial charge in [-0.2, -0.15) is 13.2 Å². The molecule has 1 fully saturated rings. The van der Waals surface area contributed by atoms with Crippen molar-refractivity contribution in [1.82, 2.24) is 20.5 Å². The number of aryl methyl sites for hydroxylation is 2. The second kappa shape index (κ2) is 14.6. The van der Waals surface area contributed by atoms with Crippen LogP contribution in [-0.2, 0) is 19.1 Å². The molecule has 2 amide bonds. The lowest BCUT2D eigenvalue weighted by Crippen LogP contribution is -2.48. The van der Waals surface area contributed by atoms with Crippen molar-refractivity contribution in [2.75, 3.05) is 13.1 Å². The Bertz CT molecular complexity index is 1660. The van der Waals surface area contributed by atoms with Gasteiger partial charge in [-0.25, -0.2) is 4.98 Å². The highest BCUT2D eigenvalue weighted by Crippen LogP contribution is 2.35. The molecule has 0 spiro atoms. The molecule has 46 heavy (non-hydrogen) atoms. The summed E-state index contributed by atoms with van der Waals surface area (Å²) >= 11 is 1.55. The minimum atomic E-state index is -4.45. The highest BCUT2D eigenvalue weighted by molar-refractivity contribution is 7.09. The molecule has 11 heteroatoms. The highest BCUT2D eigenvalue weighted by Gasteiger charge is 2.33. The predicted molar refractivity (Wildman–Crippen MR) is 172 cm³/mol. The molecule has 7 nitrogen and oxygen atoms in total. The van der Waals surface area contributed by atoms with Crippen LogP contribution in [0.2, 0.25) is 0 Å². The first kappa shape index (κ1) is 33.3. The van der Waals surface area contributed by atoms with Crippen LogP contribution >= 0.6 is 11.3 Å². The van der Waals surface area contributed by atoms with Crippen molar-refractivity contribution in [3.8, 4) is 0 Å². The molecule has 0 bridgehead atoms. The molecular formula is C35H37F3N4O3S. The van der Waals surface area contributed by atoms with Gasteiger partial charge in [-0.15, -0.1) is 11.3 Å². The number of aliphatic hydroxyl groups excluding tert-OH is 1. The Morgan fingerprint density at radius 2 is 1.76 bits per heavy atom. The Kier molecular flexibility index (Phi) is 10.6. The molecule has 4 aromatic rings. The first-order valence-electron chi connectivity index (χ1n) is 15.2. The number of hydrogen-bond acceptors (Lipinski definition) is 6. The van der Waals surface area contributed by atoms with E-state index in [2.05, 4.69) is 15.6 Å². The van der Waals surface area contributed by atoms with Gasteiger partial charge >= 0.3 is 6.18 Å². The molecule has 3 atom stereocenters. The Morgan fingerprint density at radius 3 is 2.48 bits per heavy atom. The fourth-order valence-electron chi connectivity index (χ4n) is 5.76. The van der Waals surface area contributed by atoms with E-state index >= 15 is 0 Å². The Labute approximate surface area is 270 Å². The lowest BCUT2D eigenvalue weighted by molar-refractivity contribution is -0.137. The molecule has 0 unspecified atom stereocenters. The van der Waals surface area contributed by atoms with Crippen LogP contribution in [-0.4, -0.2) is 52.0 Å². The van der Waals surface area contributed by atoms with Gasteiger partial charge in [0, 0.05) is 41.8 Å². The van der Waals surface area contributed by atoms with Gasteiger partial charge in [0.15, 0.2) is 0 Å². The third-order valence-corrected chi connectivity index (χ3v) is 9.10. The number of nitrogens with zero attached hydrogens (tertiary/aromatic N) is 2. The summed E-state index contributed by atoms with van der Waals surface area (Å²) in [6.45, 7) is 4.50. The van der Waals surface area contributed by atoms with Gasteiger partial charge in [0.1, 0.15) is 5.01 Å². The molecule has 1 aliphatic heterocycles. The number of alkyl halides is 3. The van der Waals surface area contributed by atoms with E-state index in [9.17, 15) is 27.9 Å². The number of likely N-dealkylation sites (tertiary alicyclic amines) is 1. The summed E-state index contributed by atoms with van der Waals surface area (Å²) in [7, 11) is 0. The van der Waals surface area contributed by atoms with Crippen molar-refractivity contribution < 1.29 is 27.9 Å². The number of amides is 2. The number of benzene rings is 3. The van der Waals surface area contributed by atoms with Crippen LogP contribution in [0.3, 0.4) is 0 Å². The average molecular weight is 651 g/mol. The number of carbonyl (C=O) groups is 2. The summed E-state index contributed by atoms with van der Waals surface area (Å²) < 4.78 is 39.4. The van der Waals surface area contributed by atoms with E-state index in [0.717, 1.165) is 46.8 Å². The van der Waals surface area contributed by atoms with Gasteiger partial charge in [-0.3, -0.25) is 9.59 Å². The van der Waals surface area contributed by atoms with Crippen molar-refractivity contribution in [1.29, 1.82) is 0 Å². The number of carbonyl (C=O) groups excluding carboxylic acids is 2. The molecule has 2 heterocycles. The zero-order valence-electron chi connectivity index (χ0n) is 25.7. The van der Waals surface area contributed by atoms with Crippen molar-refractivity contribution in [2.45, 2.75) is 64.0 Å². The quantitative estimate of drug-likeness (QED) is 0.179. The normalized spacial score (nSPS) is 16.3. The maximum absolute atomic E-state index is 13.7. The van der Waals surface area contributed by atoms with E-state index in [-0.39, 0.29) is 25.0 Å². The first-order valence-corrected chi connectivity index (χ1v) is 16.1. The van der Waals surface area contributed by atoms with E-state index in [4.69, 9.17) is 0 Å². The van der Waals surface area contributed by atoms with E-state index in [1.807, 2.05) is 54.5 Å². The van der Waals surface area contributed by atoms with Crippen LogP contribution in [0.15, 0.2) is 78.2 Å². The van der Waals surface area contributed by atoms with Gasteiger partial charge in [0.2, 0.25) is 0 Å². The third kappa shape index (κ3) is 8.39. The van der Waals surface area contributed by atoms with Crippen LogP contribution in [0.5, 0.6) is 0 Å². The Hall–Kier alpha value is -4.06. The molecule has 5 rings (SSSR count). The molecule has 0 saturated carbocycles. The third-order valence-electron chi connectivity index (χ3n) is 8.04. The molecule has 0 aliphatic carbocycles. The average Bonchev–Trinajstić information content (AvgIpc) is 3.69. The summed E-state index contributed by atoms with van der Waals surface area (Å²) in [5.41, 5.74) is 2.96. The number of aromatic nitrogens is 1. The second-order valence-electron chi connectivity index (χ2n) is 11.7. The largest absolute Gasteiger partial charge is 0.416 e. The number of thiazole rings is 1. The summed E-state index contributed by atoms with van der Waals surface area (Å²) in [5, 5.41) is 20.0. The van der Waals surface area contributed by atoms with Crippen molar-refractivity contribution in [2.24, 2.45) is 0 Å². The minimum Gasteiger partial charge on any atom is -0.390 e.